The number of anilines is 1. The fourth-order valence-corrected chi connectivity index (χ4v) is 4.97. The van der Waals surface area contributed by atoms with Crippen LogP contribution in [0.25, 0.3) is 0 Å². The number of hydrogen-bond acceptors (Lipinski definition) is 5. The molecule has 2 atom stereocenters. The lowest BCUT2D eigenvalue weighted by Crippen LogP contribution is -2.46. The summed E-state index contributed by atoms with van der Waals surface area (Å²) in [5.41, 5.74) is 1.77. The zero-order valence-corrected chi connectivity index (χ0v) is 18.3. The SMILES string of the molecule is COc1ccc2c(c1)C(=O)CC1(CCN(C(=O)C3CC(=O)N(c4ccc(C)cc4)C3)C1)O2. The quantitative estimate of drug-likeness (QED) is 0.742. The molecular weight excluding hydrogens is 408 g/mol. The van der Waals surface area contributed by atoms with Gasteiger partial charge in [-0.15, -0.1) is 0 Å². The number of nitrogens with zero attached hydrogens (tertiary/aromatic N) is 2. The average molecular weight is 434 g/mol. The first-order valence-corrected chi connectivity index (χ1v) is 10.9. The standard InChI is InChI=1S/C25H26N2O5/c1-16-3-5-18(6-4-16)27-14-17(11-23(27)29)24(30)26-10-9-25(15-26)13-21(28)20-12-19(31-2)7-8-22(20)32-25/h3-8,12,17H,9-11,13-15H2,1-2H3. The summed E-state index contributed by atoms with van der Waals surface area (Å²) in [5, 5.41) is 0. The van der Waals surface area contributed by atoms with Gasteiger partial charge in [0.1, 0.15) is 17.1 Å². The van der Waals surface area contributed by atoms with Gasteiger partial charge in [0.15, 0.2) is 5.78 Å². The molecule has 0 aliphatic carbocycles. The molecule has 5 rings (SSSR count). The Morgan fingerprint density at radius 2 is 1.94 bits per heavy atom. The minimum atomic E-state index is -0.701. The summed E-state index contributed by atoms with van der Waals surface area (Å²) in [6, 6.07) is 13.0. The number of Topliss-reactive ketones (excluding diaryl/α,β-unsaturated/α-hetero) is 1. The van der Waals surface area contributed by atoms with Crippen LogP contribution in [0, 0.1) is 12.8 Å². The van der Waals surface area contributed by atoms with E-state index >= 15 is 0 Å². The van der Waals surface area contributed by atoms with Crippen LogP contribution in [0.4, 0.5) is 5.69 Å². The molecule has 3 heterocycles. The number of amides is 2. The Bertz CT molecular complexity index is 1100. The summed E-state index contributed by atoms with van der Waals surface area (Å²) < 4.78 is 11.5. The third kappa shape index (κ3) is 3.51. The molecule has 2 amide bonds. The van der Waals surface area contributed by atoms with Crippen LogP contribution in [-0.4, -0.2) is 54.8 Å². The van der Waals surface area contributed by atoms with Gasteiger partial charge in [0.2, 0.25) is 11.8 Å². The first-order chi connectivity index (χ1) is 15.4. The molecule has 32 heavy (non-hydrogen) atoms. The van der Waals surface area contributed by atoms with E-state index in [1.165, 1.54) is 0 Å². The van der Waals surface area contributed by atoms with Gasteiger partial charge in [-0.05, 0) is 37.3 Å². The van der Waals surface area contributed by atoms with Gasteiger partial charge in [-0.3, -0.25) is 14.4 Å². The van der Waals surface area contributed by atoms with Gasteiger partial charge in [0.25, 0.3) is 0 Å². The fourth-order valence-electron chi connectivity index (χ4n) is 4.97. The van der Waals surface area contributed by atoms with E-state index in [4.69, 9.17) is 9.47 Å². The highest BCUT2D eigenvalue weighted by molar-refractivity contribution is 6.02. The summed E-state index contributed by atoms with van der Waals surface area (Å²) in [5.74, 6) is 0.701. The van der Waals surface area contributed by atoms with E-state index in [9.17, 15) is 14.4 Å². The summed E-state index contributed by atoms with van der Waals surface area (Å²) >= 11 is 0. The van der Waals surface area contributed by atoms with Crippen molar-refractivity contribution in [3.63, 3.8) is 0 Å². The number of carbonyl (C=O) groups excluding carboxylic acids is 3. The summed E-state index contributed by atoms with van der Waals surface area (Å²) in [6.45, 7) is 3.26. The number of fused-ring (bicyclic) bond motifs is 1. The molecule has 3 aliphatic rings. The first-order valence-electron chi connectivity index (χ1n) is 10.9. The van der Waals surface area contributed by atoms with Crippen LogP contribution >= 0.6 is 0 Å². The number of benzene rings is 2. The predicted octanol–water partition coefficient (Wildman–Crippen LogP) is 2.99. The summed E-state index contributed by atoms with van der Waals surface area (Å²) in [7, 11) is 1.56. The molecule has 2 aromatic rings. The van der Waals surface area contributed by atoms with E-state index < -0.39 is 5.60 Å². The Hall–Kier alpha value is -3.35. The maximum atomic E-state index is 13.3. The molecule has 0 aromatic heterocycles. The van der Waals surface area contributed by atoms with Gasteiger partial charge in [0, 0.05) is 31.6 Å². The number of ether oxygens (including phenoxy) is 2. The molecule has 0 N–H and O–H groups in total. The highest BCUT2D eigenvalue weighted by Crippen LogP contribution is 2.40. The number of rotatable bonds is 3. The zero-order valence-electron chi connectivity index (χ0n) is 18.3. The lowest BCUT2D eigenvalue weighted by atomic mass is 9.89. The molecular formula is C25H26N2O5. The fraction of sp³-hybridized carbons (Fsp3) is 0.400. The molecule has 2 fully saturated rings. The minimum absolute atomic E-state index is 0.000962. The van der Waals surface area contributed by atoms with Gasteiger partial charge in [-0.25, -0.2) is 0 Å². The molecule has 1 spiro atoms. The minimum Gasteiger partial charge on any atom is -0.497 e. The number of ketones is 1. The maximum Gasteiger partial charge on any atom is 0.228 e. The molecule has 0 radical (unpaired) electrons. The molecule has 166 valence electrons. The monoisotopic (exact) mass is 434 g/mol. The second kappa shape index (κ2) is 7.65. The first kappa shape index (κ1) is 20.5. The third-order valence-electron chi connectivity index (χ3n) is 6.74. The van der Waals surface area contributed by atoms with Crippen LogP contribution in [0.5, 0.6) is 11.5 Å². The highest BCUT2D eigenvalue weighted by atomic mass is 16.5. The molecule has 2 aromatic carbocycles. The predicted molar refractivity (Wildman–Crippen MR) is 118 cm³/mol. The number of methoxy groups -OCH3 is 1. The van der Waals surface area contributed by atoms with Crippen molar-refractivity contribution in [1.29, 1.82) is 0 Å². The largest absolute Gasteiger partial charge is 0.497 e. The van der Waals surface area contributed by atoms with E-state index in [1.54, 1.807) is 35.1 Å². The topological polar surface area (TPSA) is 76.2 Å². The Labute approximate surface area is 186 Å². The smallest absolute Gasteiger partial charge is 0.228 e. The van der Waals surface area contributed by atoms with Crippen LogP contribution in [0.15, 0.2) is 42.5 Å². The molecule has 3 aliphatic heterocycles. The van der Waals surface area contributed by atoms with E-state index in [1.807, 2.05) is 31.2 Å². The van der Waals surface area contributed by atoms with E-state index in [0.717, 1.165) is 11.3 Å². The van der Waals surface area contributed by atoms with Crippen LogP contribution in [0.3, 0.4) is 0 Å². The van der Waals surface area contributed by atoms with Crippen LogP contribution in [0.2, 0.25) is 0 Å². The van der Waals surface area contributed by atoms with Gasteiger partial charge in [-0.1, -0.05) is 17.7 Å². The van der Waals surface area contributed by atoms with Crippen LogP contribution < -0.4 is 14.4 Å². The Kier molecular flexibility index (Phi) is 4.92. The summed E-state index contributed by atoms with van der Waals surface area (Å²) in [6.07, 6.45) is 1.03. The van der Waals surface area contributed by atoms with Crippen molar-refractivity contribution in [3.05, 3.63) is 53.6 Å². The van der Waals surface area contributed by atoms with Crippen molar-refractivity contribution in [2.75, 3.05) is 31.6 Å². The van der Waals surface area contributed by atoms with E-state index in [-0.39, 0.29) is 36.4 Å². The van der Waals surface area contributed by atoms with E-state index in [0.29, 0.717) is 43.1 Å². The van der Waals surface area contributed by atoms with Gasteiger partial charge in [0.05, 0.1) is 31.6 Å². The Morgan fingerprint density at radius 1 is 1.16 bits per heavy atom. The maximum absolute atomic E-state index is 13.3. The second-order valence-electron chi connectivity index (χ2n) is 9.00. The molecule has 0 bridgehead atoms. The van der Waals surface area contributed by atoms with Gasteiger partial charge < -0.3 is 19.3 Å². The molecule has 7 nitrogen and oxygen atoms in total. The molecule has 2 unspecified atom stereocenters. The second-order valence-corrected chi connectivity index (χ2v) is 9.00. The van der Waals surface area contributed by atoms with Crippen molar-refractivity contribution in [1.82, 2.24) is 4.90 Å². The van der Waals surface area contributed by atoms with Crippen molar-refractivity contribution in [3.8, 4) is 11.5 Å². The lowest BCUT2D eigenvalue weighted by molar-refractivity contribution is -0.135. The number of likely N-dealkylation sites (tertiary alicyclic amines) is 1. The molecule has 7 heteroatoms. The highest BCUT2D eigenvalue weighted by Gasteiger charge is 2.49. The Balaban J connectivity index is 1.28. The van der Waals surface area contributed by atoms with Gasteiger partial charge >= 0.3 is 0 Å². The van der Waals surface area contributed by atoms with E-state index in [2.05, 4.69) is 0 Å². The zero-order chi connectivity index (χ0) is 22.5. The molecule has 2 saturated heterocycles. The summed E-state index contributed by atoms with van der Waals surface area (Å²) in [4.78, 5) is 42.1. The van der Waals surface area contributed by atoms with Crippen LogP contribution in [-0.2, 0) is 9.59 Å². The normalized spacial score (nSPS) is 24.6. The lowest BCUT2D eigenvalue weighted by Gasteiger charge is -2.35. The Morgan fingerprint density at radius 3 is 2.69 bits per heavy atom. The average Bonchev–Trinajstić information content (AvgIpc) is 3.37. The molecule has 0 saturated carbocycles. The number of carbonyl (C=O) groups is 3. The third-order valence-corrected chi connectivity index (χ3v) is 6.74. The van der Waals surface area contributed by atoms with Gasteiger partial charge in [-0.2, -0.15) is 0 Å². The van der Waals surface area contributed by atoms with Crippen LogP contribution in [0.1, 0.15) is 35.2 Å². The van der Waals surface area contributed by atoms with Crippen molar-refractivity contribution >= 4 is 23.3 Å². The number of hydrogen-bond donors (Lipinski definition) is 0. The van der Waals surface area contributed by atoms with Crippen molar-refractivity contribution < 1.29 is 23.9 Å². The van der Waals surface area contributed by atoms with Crippen molar-refractivity contribution in [2.24, 2.45) is 5.92 Å². The number of aryl methyl sites for hydroxylation is 1. The van der Waals surface area contributed by atoms with Crippen molar-refractivity contribution in [2.45, 2.75) is 31.8 Å².